The fraction of sp³-hybridized carbons (Fsp3) is 0.538. The van der Waals surface area contributed by atoms with Crippen molar-refractivity contribution < 1.29 is 14.4 Å². The second kappa shape index (κ2) is 5.97. The van der Waals surface area contributed by atoms with Crippen molar-refractivity contribution in [2.45, 2.75) is 31.8 Å². The maximum Gasteiger partial charge on any atom is 0.327 e. The van der Waals surface area contributed by atoms with Crippen LogP contribution in [0, 0.1) is 21.8 Å². The Morgan fingerprint density at radius 2 is 2.16 bits per heavy atom. The molecule has 0 heterocycles. The molecule has 0 spiro atoms. The minimum Gasteiger partial charge on any atom is -0.393 e. The zero-order valence-electron chi connectivity index (χ0n) is 10.5. The van der Waals surface area contributed by atoms with Gasteiger partial charge in [-0.3, -0.25) is 10.1 Å². The number of hydrogen-bond acceptors (Lipinski definition) is 4. The van der Waals surface area contributed by atoms with Gasteiger partial charge in [-0.25, -0.2) is 0 Å². The normalized spacial score (nSPS) is 23.1. The average molecular weight is 268 g/mol. The lowest BCUT2D eigenvalue weighted by molar-refractivity contribution is -0.386. The summed E-state index contributed by atoms with van der Waals surface area (Å²) in [6.45, 7) is 0.422. The summed E-state index contributed by atoms with van der Waals surface area (Å²) in [5.74, 6) is -0.782. The number of benzene rings is 1. The number of hydrogen-bond donors (Lipinski definition) is 2. The highest BCUT2D eigenvalue weighted by molar-refractivity contribution is 5.61. The van der Waals surface area contributed by atoms with E-state index in [0.29, 0.717) is 6.54 Å². The molecule has 2 atom stereocenters. The van der Waals surface area contributed by atoms with Crippen LogP contribution in [0.4, 0.5) is 15.8 Å². The summed E-state index contributed by atoms with van der Waals surface area (Å²) in [7, 11) is 0. The van der Waals surface area contributed by atoms with Gasteiger partial charge in [0.05, 0.1) is 11.0 Å². The summed E-state index contributed by atoms with van der Waals surface area (Å²) in [5.41, 5.74) is -0.365. The van der Waals surface area contributed by atoms with E-state index >= 15 is 0 Å². The van der Waals surface area contributed by atoms with Gasteiger partial charge in [-0.1, -0.05) is 18.9 Å². The molecule has 0 aromatic heterocycles. The minimum atomic E-state index is -0.848. The summed E-state index contributed by atoms with van der Waals surface area (Å²) >= 11 is 0. The number of nitro benzene ring substituents is 1. The standard InChI is InChI=1S/C13H17FN2O3/c14-10-5-3-6-11(13(10)16(18)19)15-8-9-4-1-2-7-12(9)17/h3,5-6,9,12,15,17H,1-2,4,7-8H2. The molecule has 1 aromatic carbocycles. The van der Waals surface area contributed by atoms with Gasteiger partial charge in [-0.05, 0) is 25.0 Å². The van der Waals surface area contributed by atoms with Gasteiger partial charge in [0.25, 0.3) is 0 Å². The lowest BCUT2D eigenvalue weighted by atomic mass is 9.86. The highest BCUT2D eigenvalue weighted by Gasteiger charge is 2.25. The number of nitrogens with zero attached hydrogens (tertiary/aromatic N) is 1. The number of aliphatic hydroxyl groups excluding tert-OH is 1. The summed E-state index contributed by atoms with van der Waals surface area (Å²) in [4.78, 5) is 10.1. The molecule has 2 N–H and O–H groups in total. The Hall–Kier alpha value is -1.69. The number of aliphatic hydroxyl groups is 1. The van der Waals surface area contributed by atoms with E-state index in [2.05, 4.69) is 5.32 Å². The number of nitro groups is 1. The third-order valence-electron chi connectivity index (χ3n) is 3.59. The molecule has 1 aliphatic carbocycles. The molecule has 0 amide bonds. The molecule has 2 rings (SSSR count). The average Bonchev–Trinajstić information content (AvgIpc) is 2.37. The van der Waals surface area contributed by atoms with Crippen LogP contribution < -0.4 is 5.32 Å². The SMILES string of the molecule is O=[N+]([O-])c1c(F)cccc1NCC1CCCCC1O. The maximum atomic E-state index is 13.4. The monoisotopic (exact) mass is 268 g/mol. The molecule has 1 saturated carbocycles. The van der Waals surface area contributed by atoms with E-state index in [1.807, 2.05) is 0 Å². The van der Waals surface area contributed by atoms with Crippen LogP contribution in [0.25, 0.3) is 0 Å². The Morgan fingerprint density at radius 1 is 1.42 bits per heavy atom. The third-order valence-corrected chi connectivity index (χ3v) is 3.59. The van der Waals surface area contributed by atoms with Gasteiger partial charge in [0.2, 0.25) is 5.82 Å². The zero-order valence-corrected chi connectivity index (χ0v) is 10.5. The lowest BCUT2D eigenvalue weighted by Crippen LogP contribution is -2.30. The number of halogens is 1. The van der Waals surface area contributed by atoms with Crippen LogP contribution in [0.15, 0.2) is 18.2 Å². The van der Waals surface area contributed by atoms with Crippen molar-refractivity contribution in [3.63, 3.8) is 0 Å². The Kier molecular flexibility index (Phi) is 4.31. The van der Waals surface area contributed by atoms with Crippen LogP contribution in [-0.2, 0) is 0 Å². The van der Waals surface area contributed by atoms with Crippen molar-refractivity contribution in [1.82, 2.24) is 0 Å². The van der Waals surface area contributed by atoms with Crippen molar-refractivity contribution in [1.29, 1.82) is 0 Å². The first-order chi connectivity index (χ1) is 9.09. The zero-order chi connectivity index (χ0) is 13.8. The van der Waals surface area contributed by atoms with Crippen molar-refractivity contribution >= 4 is 11.4 Å². The van der Waals surface area contributed by atoms with Gasteiger partial charge in [0.15, 0.2) is 0 Å². The van der Waals surface area contributed by atoms with Crippen molar-refractivity contribution in [2.75, 3.05) is 11.9 Å². The van der Waals surface area contributed by atoms with Crippen LogP contribution in [0.3, 0.4) is 0 Å². The molecule has 1 aliphatic rings. The topological polar surface area (TPSA) is 75.4 Å². The van der Waals surface area contributed by atoms with Crippen molar-refractivity contribution in [3.8, 4) is 0 Å². The molecule has 5 nitrogen and oxygen atoms in total. The number of para-hydroxylation sites is 1. The fourth-order valence-electron chi connectivity index (χ4n) is 2.51. The number of nitrogens with one attached hydrogen (secondary N) is 1. The van der Waals surface area contributed by atoms with Gasteiger partial charge in [0, 0.05) is 12.5 Å². The van der Waals surface area contributed by atoms with Crippen LogP contribution in [0.1, 0.15) is 25.7 Å². The highest BCUT2D eigenvalue weighted by Crippen LogP contribution is 2.29. The summed E-state index contributed by atoms with van der Waals surface area (Å²) in [5, 5.41) is 23.6. The van der Waals surface area contributed by atoms with Crippen LogP contribution >= 0.6 is 0 Å². The first-order valence-electron chi connectivity index (χ1n) is 6.44. The molecule has 1 aromatic rings. The van der Waals surface area contributed by atoms with E-state index in [1.165, 1.54) is 12.1 Å². The molecule has 0 saturated heterocycles. The molecule has 6 heteroatoms. The summed E-state index contributed by atoms with van der Waals surface area (Å²) in [6.07, 6.45) is 3.33. The summed E-state index contributed by atoms with van der Waals surface area (Å²) < 4.78 is 13.4. The van der Waals surface area contributed by atoms with Crippen LogP contribution in [0.5, 0.6) is 0 Å². The Balaban J connectivity index is 2.07. The van der Waals surface area contributed by atoms with Gasteiger partial charge < -0.3 is 10.4 Å². The van der Waals surface area contributed by atoms with E-state index in [-0.39, 0.29) is 17.7 Å². The second-order valence-electron chi connectivity index (χ2n) is 4.89. The molecular formula is C13H17FN2O3. The Bertz CT molecular complexity index is 467. The predicted octanol–water partition coefficient (Wildman–Crippen LogP) is 2.70. The number of rotatable bonds is 4. The quantitative estimate of drug-likeness (QED) is 0.650. The van der Waals surface area contributed by atoms with E-state index in [9.17, 15) is 19.6 Å². The molecule has 2 unspecified atom stereocenters. The maximum absolute atomic E-state index is 13.4. The smallest absolute Gasteiger partial charge is 0.327 e. The highest BCUT2D eigenvalue weighted by atomic mass is 19.1. The molecule has 0 radical (unpaired) electrons. The molecular weight excluding hydrogens is 251 g/mol. The lowest BCUT2D eigenvalue weighted by Gasteiger charge is -2.27. The van der Waals surface area contributed by atoms with Gasteiger partial charge in [-0.15, -0.1) is 0 Å². The third kappa shape index (κ3) is 3.20. The van der Waals surface area contributed by atoms with Gasteiger partial charge in [0.1, 0.15) is 5.69 Å². The molecule has 0 bridgehead atoms. The van der Waals surface area contributed by atoms with Gasteiger partial charge in [-0.2, -0.15) is 4.39 Å². The van der Waals surface area contributed by atoms with Crippen molar-refractivity contribution in [2.24, 2.45) is 5.92 Å². The Labute approximate surface area is 110 Å². The summed E-state index contributed by atoms with van der Waals surface area (Å²) in [6, 6.07) is 3.98. The molecule has 104 valence electrons. The Morgan fingerprint density at radius 3 is 2.84 bits per heavy atom. The molecule has 0 aliphatic heterocycles. The van der Waals surface area contributed by atoms with E-state index < -0.39 is 16.4 Å². The van der Waals surface area contributed by atoms with Gasteiger partial charge >= 0.3 is 5.69 Å². The fourth-order valence-corrected chi connectivity index (χ4v) is 2.51. The van der Waals surface area contributed by atoms with E-state index in [0.717, 1.165) is 31.7 Å². The van der Waals surface area contributed by atoms with Crippen molar-refractivity contribution in [3.05, 3.63) is 34.1 Å². The minimum absolute atomic E-state index is 0.0663. The van der Waals surface area contributed by atoms with Crippen LogP contribution in [0.2, 0.25) is 0 Å². The van der Waals surface area contributed by atoms with E-state index in [1.54, 1.807) is 0 Å². The molecule has 1 fully saturated rings. The predicted molar refractivity (Wildman–Crippen MR) is 69.5 cm³/mol. The first kappa shape index (κ1) is 13.7. The number of anilines is 1. The van der Waals surface area contributed by atoms with Crippen LogP contribution in [-0.4, -0.2) is 22.7 Å². The first-order valence-corrected chi connectivity index (χ1v) is 6.44. The molecule has 19 heavy (non-hydrogen) atoms. The van der Waals surface area contributed by atoms with E-state index in [4.69, 9.17) is 0 Å². The largest absolute Gasteiger partial charge is 0.393 e. The second-order valence-corrected chi connectivity index (χ2v) is 4.89.